The molecule has 0 aromatic rings. The fourth-order valence-corrected chi connectivity index (χ4v) is 0.600. The van der Waals surface area contributed by atoms with Crippen LogP contribution in [0.4, 0.5) is 0 Å². The Hall–Kier alpha value is -0.650. The van der Waals surface area contributed by atoms with Crippen molar-refractivity contribution in [1.29, 1.82) is 0 Å². The van der Waals surface area contributed by atoms with Gasteiger partial charge in [0.2, 0.25) is 0 Å². The molecule has 0 aromatic heterocycles. The summed E-state index contributed by atoms with van der Waals surface area (Å²) in [7, 11) is 1.61. The summed E-state index contributed by atoms with van der Waals surface area (Å²) in [6.45, 7) is 0.473. The van der Waals surface area contributed by atoms with Gasteiger partial charge in [-0.1, -0.05) is 0 Å². The van der Waals surface area contributed by atoms with Crippen LogP contribution in [0.5, 0.6) is 0 Å². The lowest BCUT2D eigenvalue weighted by molar-refractivity contribution is 0.243. The lowest BCUT2D eigenvalue weighted by Gasteiger charge is -1.98. The van der Waals surface area contributed by atoms with E-state index in [1.807, 2.05) is 0 Å². The zero-order valence-electron chi connectivity index (χ0n) is 5.22. The molecule has 0 aliphatic carbocycles. The molecule has 0 aromatic carbocycles. The molecule has 1 aliphatic heterocycles. The Morgan fingerprint density at radius 2 is 2.67 bits per heavy atom. The standard InChI is InChI=1S/C4H10N4O/c1-9-2-3-6-4(5)8-7-3/h4,8H,2,5H2,1H3,(H,6,7). The molecule has 0 fully saturated rings. The molecule has 52 valence electrons. The number of hydrazine groups is 1. The molecular formula is C4H10N4O. The van der Waals surface area contributed by atoms with Crippen molar-refractivity contribution in [2.75, 3.05) is 13.7 Å². The van der Waals surface area contributed by atoms with Crippen LogP contribution in [0.15, 0.2) is 4.99 Å². The summed E-state index contributed by atoms with van der Waals surface area (Å²) in [4.78, 5) is 3.93. The summed E-state index contributed by atoms with van der Waals surface area (Å²) in [6.07, 6.45) is -0.324. The van der Waals surface area contributed by atoms with Gasteiger partial charge in [0, 0.05) is 7.11 Å². The van der Waals surface area contributed by atoms with Gasteiger partial charge in [-0.3, -0.25) is 5.73 Å². The number of nitrogens with one attached hydrogen (secondary N) is 2. The first kappa shape index (κ1) is 6.47. The minimum absolute atomic E-state index is 0.324. The van der Waals surface area contributed by atoms with Gasteiger partial charge in [0.1, 0.15) is 12.4 Å². The minimum Gasteiger partial charge on any atom is -0.377 e. The summed E-state index contributed by atoms with van der Waals surface area (Å²) in [5.74, 6) is 0.741. The smallest absolute Gasteiger partial charge is 0.169 e. The summed E-state index contributed by atoms with van der Waals surface area (Å²) < 4.78 is 4.79. The van der Waals surface area contributed by atoms with Crippen LogP contribution in [-0.2, 0) is 4.74 Å². The molecule has 0 amide bonds. The van der Waals surface area contributed by atoms with Gasteiger partial charge in [0.05, 0.1) is 0 Å². The molecule has 0 spiro atoms. The first-order valence-electron chi connectivity index (χ1n) is 2.65. The highest BCUT2D eigenvalue weighted by atomic mass is 16.5. The molecule has 1 rings (SSSR count). The lowest BCUT2D eigenvalue weighted by Crippen LogP contribution is -2.40. The van der Waals surface area contributed by atoms with Gasteiger partial charge in [-0.2, -0.15) is 5.43 Å². The molecule has 0 radical (unpaired) electrons. The largest absolute Gasteiger partial charge is 0.377 e. The number of methoxy groups -OCH3 is 1. The van der Waals surface area contributed by atoms with E-state index in [0.29, 0.717) is 6.61 Å². The first-order valence-corrected chi connectivity index (χ1v) is 2.65. The van der Waals surface area contributed by atoms with E-state index in [9.17, 15) is 0 Å². The van der Waals surface area contributed by atoms with Crippen LogP contribution < -0.4 is 16.6 Å². The normalized spacial score (nSPS) is 25.6. The van der Waals surface area contributed by atoms with Gasteiger partial charge < -0.3 is 10.2 Å². The summed E-state index contributed by atoms with van der Waals surface area (Å²) in [6, 6.07) is 0. The Labute approximate surface area is 53.2 Å². The summed E-state index contributed by atoms with van der Waals surface area (Å²) in [5.41, 5.74) is 10.8. The second kappa shape index (κ2) is 2.77. The minimum atomic E-state index is -0.324. The van der Waals surface area contributed by atoms with Crippen molar-refractivity contribution in [3.63, 3.8) is 0 Å². The average molecular weight is 130 g/mol. The van der Waals surface area contributed by atoms with Gasteiger partial charge in [0.25, 0.3) is 0 Å². The third-order valence-corrected chi connectivity index (χ3v) is 0.940. The van der Waals surface area contributed by atoms with Gasteiger partial charge in [-0.15, -0.1) is 0 Å². The highest BCUT2D eigenvalue weighted by Crippen LogP contribution is 1.84. The number of ether oxygens (including phenoxy) is 1. The summed E-state index contributed by atoms with van der Waals surface area (Å²) >= 11 is 0. The summed E-state index contributed by atoms with van der Waals surface area (Å²) in [5, 5.41) is 0. The topological polar surface area (TPSA) is 71.7 Å². The number of rotatable bonds is 2. The molecule has 5 nitrogen and oxygen atoms in total. The molecule has 0 bridgehead atoms. The zero-order valence-corrected chi connectivity index (χ0v) is 5.22. The molecule has 4 N–H and O–H groups in total. The van der Waals surface area contributed by atoms with E-state index in [2.05, 4.69) is 15.8 Å². The van der Waals surface area contributed by atoms with E-state index in [4.69, 9.17) is 10.5 Å². The van der Waals surface area contributed by atoms with Gasteiger partial charge >= 0.3 is 0 Å². The van der Waals surface area contributed by atoms with Gasteiger partial charge in [-0.25, -0.2) is 4.99 Å². The van der Waals surface area contributed by atoms with Crippen LogP contribution in [0.2, 0.25) is 0 Å². The van der Waals surface area contributed by atoms with Crippen molar-refractivity contribution in [3.05, 3.63) is 0 Å². The molecule has 1 heterocycles. The highest BCUT2D eigenvalue weighted by Gasteiger charge is 2.09. The molecular weight excluding hydrogens is 120 g/mol. The average Bonchev–Trinajstić information content (AvgIpc) is 2.17. The number of aliphatic imine (C=N–C) groups is 1. The predicted octanol–water partition coefficient (Wildman–Crippen LogP) is -1.62. The van der Waals surface area contributed by atoms with E-state index < -0.39 is 0 Å². The Kier molecular flexibility index (Phi) is 1.99. The van der Waals surface area contributed by atoms with E-state index in [1.165, 1.54) is 0 Å². The van der Waals surface area contributed by atoms with Crippen LogP contribution in [-0.4, -0.2) is 25.8 Å². The molecule has 1 unspecified atom stereocenters. The monoisotopic (exact) mass is 130 g/mol. The van der Waals surface area contributed by atoms with E-state index >= 15 is 0 Å². The highest BCUT2D eigenvalue weighted by molar-refractivity contribution is 5.84. The van der Waals surface area contributed by atoms with Crippen LogP contribution in [0, 0.1) is 0 Å². The Morgan fingerprint density at radius 1 is 1.89 bits per heavy atom. The van der Waals surface area contributed by atoms with Crippen molar-refractivity contribution < 1.29 is 4.74 Å². The fraction of sp³-hybridized carbons (Fsp3) is 0.750. The van der Waals surface area contributed by atoms with Crippen LogP contribution in [0.3, 0.4) is 0 Å². The Morgan fingerprint density at radius 3 is 3.11 bits per heavy atom. The van der Waals surface area contributed by atoms with E-state index in [-0.39, 0.29) is 6.29 Å². The van der Waals surface area contributed by atoms with Crippen LogP contribution >= 0.6 is 0 Å². The molecule has 9 heavy (non-hydrogen) atoms. The molecule has 0 saturated carbocycles. The first-order chi connectivity index (χ1) is 4.33. The van der Waals surface area contributed by atoms with Crippen molar-refractivity contribution in [2.24, 2.45) is 10.7 Å². The lowest BCUT2D eigenvalue weighted by atomic mass is 10.6. The van der Waals surface area contributed by atoms with E-state index in [0.717, 1.165) is 5.84 Å². The third-order valence-electron chi connectivity index (χ3n) is 0.940. The van der Waals surface area contributed by atoms with Crippen LogP contribution in [0.25, 0.3) is 0 Å². The SMILES string of the molecule is COCC1=NC(N)NN1. The fourth-order valence-electron chi connectivity index (χ4n) is 0.600. The third kappa shape index (κ3) is 1.63. The van der Waals surface area contributed by atoms with Gasteiger partial charge in [0.15, 0.2) is 6.29 Å². The predicted molar refractivity (Wildman–Crippen MR) is 33.6 cm³/mol. The maximum atomic E-state index is 5.34. The molecule has 1 aliphatic rings. The number of hydrogen-bond acceptors (Lipinski definition) is 5. The van der Waals surface area contributed by atoms with Crippen LogP contribution in [0.1, 0.15) is 0 Å². The van der Waals surface area contributed by atoms with Gasteiger partial charge in [-0.05, 0) is 0 Å². The number of nitrogens with two attached hydrogens (primary N) is 1. The Balaban J connectivity index is 2.33. The molecule has 0 saturated heterocycles. The maximum absolute atomic E-state index is 5.34. The number of hydrogen-bond donors (Lipinski definition) is 3. The van der Waals surface area contributed by atoms with E-state index in [1.54, 1.807) is 7.11 Å². The molecule has 5 heteroatoms. The number of nitrogens with zero attached hydrogens (tertiary/aromatic N) is 1. The van der Waals surface area contributed by atoms with Crippen molar-refractivity contribution >= 4 is 5.84 Å². The maximum Gasteiger partial charge on any atom is 0.169 e. The van der Waals surface area contributed by atoms with Crippen molar-refractivity contribution in [3.8, 4) is 0 Å². The number of amidine groups is 1. The quantitative estimate of drug-likeness (QED) is 0.420. The second-order valence-corrected chi connectivity index (χ2v) is 1.72. The second-order valence-electron chi connectivity index (χ2n) is 1.72. The zero-order chi connectivity index (χ0) is 6.69. The van der Waals surface area contributed by atoms with Crippen molar-refractivity contribution in [2.45, 2.75) is 6.29 Å². The van der Waals surface area contributed by atoms with Crippen molar-refractivity contribution in [1.82, 2.24) is 10.9 Å². The molecule has 1 atom stereocenters. The Bertz CT molecular complexity index is 124.